The number of anilines is 1. The van der Waals surface area contributed by atoms with Crippen LogP contribution in [0.5, 0.6) is 0 Å². The van der Waals surface area contributed by atoms with Crippen molar-refractivity contribution in [1.82, 2.24) is 10.2 Å². The number of halogens is 3. The van der Waals surface area contributed by atoms with Gasteiger partial charge in [0, 0.05) is 23.6 Å². The number of carbonyl (C=O) groups is 1. The lowest BCUT2D eigenvalue weighted by atomic mass is 9.93. The Morgan fingerprint density at radius 3 is 3.05 bits per heavy atom. The molecule has 0 radical (unpaired) electrons. The van der Waals surface area contributed by atoms with E-state index < -0.39 is 0 Å². The van der Waals surface area contributed by atoms with Crippen LogP contribution in [-0.2, 0) is 4.79 Å². The molecule has 22 heavy (non-hydrogen) atoms. The zero-order valence-electron chi connectivity index (χ0n) is 12.1. The smallest absolute Gasteiger partial charge is 0.238 e. The standard InChI is InChI=1S/C15H19BrClN3O.ClH/c16-11-1-2-14(12(17)7-11)19-15(21)9-20-6-4-13-10(8-20)3-5-18-13;/h1-2,7,10,13,18H,3-6,8-9H2,(H,19,21);1H. The van der Waals surface area contributed by atoms with Crippen LogP contribution in [0.25, 0.3) is 0 Å². The highest BCUT2D eigenvalue weighted by molar-refractivity contribution is 9.10. The molecule has 2 saturated heterocycles. The van der Waals surface area contributed by atoms with Gasteiger partial charge in [-0.15, -0.1) is 12.4 Å². The molecule has 2 fully saturated rings. The van der Waals surface area contributed by atoms with Gasteiger partial charge in [0.2, 0.25) is 5.91 Å². The lowest BCUT2D eigenvalue weighted by Gasteiger charge is -2.34. The molecule has 2 aliphatic heterocycles. The van der Waals surface area contributed by atoms with Crippen molar-refractivity contribution >= 4 is 51.5 Å². The second kappa shape index (κ2) is 7.97. The Kier molecular flexibility index (Phi) is 6.53. The van der Waals surface area contributed by atoms with Gasteiger partial charge >= 0.3 is 0 Å². The van der Waals surface area contributed by atoms with E-state index in [1.54, 1.807) is 6.07 Å². The third kappa shape index (κ3) is 4.36. The number of piperidine rings is 1. The Labute approximate surface area is 150 Å². The van der Waals surface area contributed by atoms with Crippen molar-refractivity contribution in [2.75, 3.05) is 31.5 Å². The third-order valence-electron chi connectivity index (χ3n) is 4.31. The maximum atomic E-state index is 12.2. The summed E-state index contributed by atoms with van der Waals surface area (Å²) in [5.74, 6) is 0.700. The molecular weight excluding hydrogens is 389 g/mol. The fourth-order valence-electron chi connectivity index (χ4n) is 3.25. The molecular formula is C15H20BrCl2N3O. The minimum Gasteiger partial charge on any atom is -0.324 e. The molecule has 1 amide bonds. The summed E-state index contributed by atoms with van der Waals surface area (Å²) in [5.41, 5.74) is 0.669. The lowest BCUT2D eigenvalue weighted by Crippen LogP contribution is -2.46. The monoisotopic (exact) mass is 407 g/mol. The van der Waals surface area contributed by atoms with Crippen molar-refractivity contribution in [1.29, 1.82) is 0 Å². The van der Waals surface area contributed by atoms with E-state index in [0.717, 1.165) is 30.5 Å². The van der Waals surface area contributed by atoms with Gasteiger partial charge in [-0.3, -0.25) is 9.69 Å². The Bertz CT molecular complexity index is 544. The molecule has 1 aromatic rings. The third-order valence-corrected chi connectivity index (χ3v) is 5.12. The molecule has 7 heteroatoms. The summed E-state index contributed by atoms with van der Waals surface area (Å²) in [6.45, 7) is 3.55. The van der Waals surface area contributed by atoms with E-state index >= 15 is 0 Å². The highest BCUT2D eigenvalue weighted by atomic mass is 79.9. The van der Waals surface area contributed by atoms with Crippen molar-refractivity contribution in [3.05, 3.63) is 27.7 Å². The van der Waals surface area contributed by atoms with Crippen LogP contribution in [0.3, 0.4) is 0 Å². The minimum absolute atomic E-state index is 0. The van der Waals surface area contributed by atoms with E-state index in [4.69, 9.17) is 11.6 Å². The quantitative estimate of drug-likeness (QED) is 0.807. The molecule has 1 aromatic carbocycles. The van der Waals surface area contributed by atoms with Gasteiger partial charge in [0.25, 0.3) is 0 Å². The van der Waals surface area contributed by atoms with Gasteiger partial charge in [-0.25, -0.2) is 0 Å². The zero-order valence-corrected chi connectivity index (χ0v) is 15.3. The zero-order chi connectivity index (χ0) is 14.8. The molecule has 2 heterocycles. The molecule has 3 rings (SSSR count). The van der Waals surface area contributed by atoms with E-state index in [2.05, 4.69) is 31.5 Å². The van der Waals surface area contributed by atoms with Gasteiger partial charge in [-0.2, -0.15) is 0 Å². The van der Waals surface area contributed by atoms with Gasteiger partial charge in [0.15, 0.2) is 0 Å². The Morgan fingerprint density at radius 2 is 2.27 bits per heavy atom. The van der Waals surface area contributed by atoms with Crippen LogP contribution in [0, 0.1) is 5.92 Å². The lowest BCUT2D eigenvalue weighted by molar-refractivity contribution is -0.117. The average Bonchev–Trinajstić information content (AvgIpc) is 2.89. The summed E-state index contributed by atoms with van der Waals surface area (Å²) in [5, 5.41) is 6.98. The predicted molar refractivity (Wildman–Crippen MR) is 96.0 cm³/mol. The van der Waals surface area contributed by atoms with Crippen molar-refractivity contribution in [2.24, 2.45) is 5.92 Å². The predicted octanol–water partition coefficient (Wildman–Crippen LogP) is 3.15. The van der Waals surface area contributed by atoms with Crippen LogP contribution in [0.15, 0.2) is 22.7 Å². The van der Waals surface area contributed by atoms with E-state index in [9.17, 15) is 4.79 Å². The maximum Gasteiger partial charge on any atom is 0.238 e. The summed E-state index contributed by atoms with van der Waals surface area (Å²) in [4.78, 5) is 14.4. The van der Waals surface area contributed by atoms with Gasteiger partial charge in [-0.1, -0.05) is 27.5 Å². The van der Waals surface area contributed by atoms with E-state index in [0.29, 0.717) is 29.2 Å². The summed E-state index contributed by atoms with van der Waals surface area (Å²) in [6, 6.07) is 6.13. The SMILES string of the molecule is Cl.O=C(CN1CCC2NCCC2C1)Nc1ccc(Br)cc1Cl. The number of nitrogens with zero attached hydrogens (tertiary/aromatic N) is 1. The Balaban J connectivity index is 0.00000176. The van der Waals surface area contributed by atoms with Gasteiger partial charge in [-0.05, 0) is 43.5 Å². The average molecular weight is 409 g/mol. The summed E-state index contributed by atoms with van der Waals surface area (Å²) >= 11 is 9.48. The molecule has 2 unspecified atom stereocenters. The number of hydrogen-bond donors (Lipinski definition) is 2. The molecule has 0 spiro atoms. The van der Waals surface area contributed by atoms with Crippen LogP contribution < -0.4 is 10.6 Å². The number of fused-ring (bicyclic) bond motifs is 1. The molecule has 0 bridgehead atoms. The first-order valence-electron chi connectivity index (χ1n) is 7.32. The first kappa shape index (κ1) is 18.0. The topological polar surface area (TPSA) is 44.4 Å². The molecule has 0 aliphatic carbocycles. The highest BCUT2D eigenvalue weighted by Crippen LogP contribution is 2.26. The Morgan fingerprint density at radius 1 is 1.45 bits per heavy atom. The minimum atomic E-state index is 0. The second-order valence-corrected chi connectivity index (χ2v) is 7.13. The molecule has 2 atom stereocenters. The summed E-state index contributed by atoms with van der Waals surface area (Å²) < 4.78 is 0.904. The number of nitrogens with one attached hydrogen (secondary N) is 2. The van der Waals surface area contributed by atoms with Crippen molar-refractivity contribution in [2.45, 2.75) is 18.9 Å². The fourth-order valence-corrected chi connectivity index (χ4v) is 3.97. The molecule has 122 valence electrons. The van der Waals surface area contributed by atoms with Crippen LogP contribution >= 0.6 is 39.9 Å². The largest absolute Gasteiger partial charge is 0.324 e. The normalized spacial score (nSPS) is 24.5. The van der Waals surface area contributed by atoms with Crippen LogP contribution in [0.4, 0.5) is 5.69 Å². The molecule has 2 aliphatic rings. The van der Waals surface area contributed by atoms with Crippen molar-refractivity contribution in [3.8, 4) is 0 Å². The first-order chi connectivity index (χ1) is 10.1. The number of carbonyl (C=O) groups excluding carboxylic acids is 1. The van der Waals surface area contributed by atoms with Crippen LogP contribution in [0.2, 0.25) is 5.02 Å². The molecule has 4 nitrogen and oxygen atoms in total. The van der Waals surface area contributed by atoms with Crippen molar-refractivity contribution in [3.63, 3.8) is 0 Å². The fraction of sp³-hybridized carbons (Fsp3) is 0.533. The summed E-state index contributed by atoms with van der Waals surface area (Å²) in [7, 11) is 0. The number of rotatable bonds is 3. The van der Waals surface area contributed by atoms with Crippen molar-refractivity contribution < 1.29 is 4.79 Å². The van der Waals surface area contributed by atoms with Gasteiger partial charge in [0.05, 0.1) is 17.3 Å². The first-order valence-corrected chi connectivity index (χ1v) is 8.49. The number of likely N-dealkylation sites (tertiary alicyclic amines) is 1. The maximum absolute atomic E-state index is 12.2. The Hall–Kier alpha value is -0.330. The van der Waals surface area contributed by atoms with Gasteiger partial charge < -0.3 is 10.6 Å². The number of benzene rings is 1. The molecule has 0 aromatic heterocycles. The number of hydrogen-bond acceptors (Lipinski definition) is 3. The second-order valence-electron chi connectivity index (χ2n) is 5.81. The highest BCUT2D eigenvalue weighted by Gasteiger charge is 2.32. The van der Waals surface area contributed by atoms with E-state index in [1.807, 2.05) is 12.1 Å². The molecule has 2 N–H and O–H groups in total. The summed E-state index contributed by atoms with van der Waals surface area (Å²) in [6.07, 6.45) is 2.36. The number of amides is 1. The molecule has 0 saturated carbocycles. The van der Waals surface area contributed by atoms with Crippen LogP contribution in [-0.4, -0.2) is 43.0 Å². The van der Waals surface area contributed by atoms with Gasteiger partial charge in [0.1, 0.15) is 0 Å². The van der Waals surface area contributed by atoms with E-state index in [1.165, 1.54) is 6.42 Å². The van der Waals surface area contributed by atoms with Crippen LogP contribution in [0.1, 0.15) is 12.8 Å². The van der Waals surface area contributed by atoms with E-state index in [-0.39, 0.29) is 18.3 Å².